The van der Waals surface area contributed by atoms with Crippen LogP contribution in [0.15, 0.2) is 0 Å². The minimum Gasteiger partial charge on any atom is -0.465 e. The summed E-state index contributed by atoms with van der Waals surface area (Å²) in [7, 11) is 0. The summed E-state index contributed by atoms with van der Waals surface area (Å²) < 4.78 is 0. The first kappa shape index (κ1) is 10.7. The smallest absolute Gasteiger partial charge is 0.408 e. The van der Waals surface area contributed by atoms with Crippen molar-refractivity contribution < 1.29 is 15.0 Å². The maximum Gasteiger partial charge on any atom is 0.408 e. The van der Waals surface area contributed by atoms with Crippen molar-refractivity contribution in [2.24, 2.45) is 11.3 Å². The van der Waals surface area contributed by atoms with Crippen LogP contribution in [0.25, 0.3) is 0 Å². The fraction of sp³-hybridized carbons (Fsp3) is 0.909. The van der Waals surface area contributed by atoms with Crippen LogP contribution in [-0.4, -0.2) is 39.4 Å². The molecule has 4 nitrogen and oxygen atoms in total. The fourth-order valence-corrected chi connectivity index (χ4v) is 3.41. The number of rotatable bonds is 1. The van der Waals surface area contributed by atoms with E-state index in [9.17, 15) is 15.0 Å². The number of carbonyl (C=O) groups is 1. The third-order valence-electron chi connectivity index (χ3n) is 4.14. The van der Waals surface area contributed by atoms with Crippen LogP contribution in [0.4, 0.5) is 4.79 Å². The molecular weight excluding hydrogens is 194 g/mol. The van der Waals surface area contributed by atoms with E-state index in [2.05, 4.69) is 20.8 Å². The Bertz CT molecular complexity index is 297. The molecule has 2 fully saturated rings. The maximum absolute atomic E-state index is 11.3. The Morgan fingerprint density at radius 2 is 2.13 bits per heavy atom. The van der Waals surface area contributed by atoms with Crippen molar-refractivity contribution in [2.75, 3.05) is 6.61 Å². The molecule has 1 amide bonds. The van der Waals surface area contributed by atoms with Crippen molar-refractivity contribution in [1.29, 1.82) is 0 Å². The van der Waals surface area contributed by atoms with Gasteiger partial charge in [0.1, 0.15) is 0 Å². The first-order chi connectivity index (χ1) is 6.84. The summed E-state index contributed by atoms with van der Waals surface area (Å²) in [4.78, 5) is 12.8. The van der Waals surface area contributed by atoms with Crippen molar-refractivity contribution in [3.05, 3.63) is 0 Å². The molecule has 0 spiro atoms. The molecule has 0 aromatic carbocycles. The van der Waals surface area contributed by atoms with E-state index < -0.39 is 6.09 Å². The Hall–Kier alpha value is -0.770. The molecule has 2 N–H and O–H groups in total. The molecule has 1 heterocycles. The molecule has 1 aliphatic heterocycles. The molecule has 1 saturated carbocycles. The van der Waals surface area contributed by atoms with Gasteiger partial charge in [0, 0.05) is 0 Å². The quantitative estimate of drug-likeness (QED) is 0.694. The van der Waals surface area contributed by atoms with E-state index in [1.54, 1.807) is 0 Å². The number of hydrogen-bond acceptors (Lipinski definition) is 2. The van der Waals surface area contributed by atoms with Gasteiger partial charge in [-0.2, -0.15) is 0 Å². The molecule has 86 valence electrons. The summed E-state index contributed by atoms with van der Waals surface area (Å²) in [5.41, 5.74) is -0.258. The first-order valence-corrected chi connectivity index (χ1v) is 5.47. The van der Waals surface area contributed by atoms with Crippen molar-refractivity contribution in [3.8, 4) is 0 Å². The highest BCUT2D eigenvalue weighted by molar-refractivity contribution is 5.69. The average Bonchev–Trinajstić information content (AvgIpc) is 2.71. The monoisotopic (exact) mass is 213 g/mol. The van der Waals surface area contributed by atoms with E-state index in [-0.39, 0.29) is 23.6 Å². The van der Waals surface area contributed by atoms with E-state index in [4.69, 9.17) is 0 Å². The van der Waals surface area contributed by atoms with E-state index in [0.29, 0.717) is 5.92 Å². The molecule has 0 aromatic heterocycles. The number of aliphatic hydroxyl groups is 1. The van der Waals surface area contributed by atoms with E-state index in [1.807, 2.05) is 0 Å². The van der Waals surface area contributed by atoms with Crippen LogP contribution in [-0.2, 0) is 0 Å². The van der Waals surface area contributed by atoms with Gasteiger partial charge in [-0.3, -0.25) is 4.90 Å². The lowest BCUT2D eigenvalue weighted by molar-refractivity contribution is 0.0432. The summed E-state index contributed by atoms with van der Waals surface area (Å²) in [5.74, 6) is 0.450. The number of fused-ring (bicyclic) bond motifs is 1. The van der Waals surface area contributed by atoms with Crippen molar-refractivity contribution in [1.82, 2.24) is 4.90 Å². The molecular formula is C11H19NO3. The molecule has 0 aromatic rings. The highest BCUT2D eigenvalue weighted by Crippen LogP contribution is 2.65. The van der Waals surface area contributed by atoms with Crippen molar-refractivity contribution >= 4 is 6.09 Å². The number of nitrogens with zero attached hydrogens (tertiary/aromatic N) is 1. The van der Waals surface area contributed by atoms with Crippen molar-refractivity contribution in [2.45, 2.75) is 45.2 Å². The Balaban J connectivity index is 2.33. The number of hydrogen-bond donors (Lipinski definition) is 2. The molecule has 0 radical (unpaired) electrons. The highest BCUT2D eigenvalue weighted by atomic mass is 16.4. The second kappa shape index (κ2) is 2.88. The molecule has 2 rings (SSSR count). The average molecular weight is 213 g/mol. The number of aliphatic hydroxyl groups excluding tert-OH is 1. The number of carboxylic acid groups (broad SMARTS) is 1. The molecule has 1 saturated heterocycles. The highest BCUT2D eigenvalue weighted by Gasteiger charge is 2.71. The van der Waals surface area contributed by atoms with Gasteiger partial charge in [-0.25, -0.2) is 4.79 Å². The fourth-order valence-electron chi connectivity index (χ4n) is 3.41. The van der Waals surface area contributed by atoms with Gasteiger partial charge >= 0.3 is 6.09 Å². The van der Waals surface area contributed by atoms with E-state index >= 15 is 0 Å². The van der Waals surface area contributed by atoms with Gasteiger partial charge in [-0.1, -0.05) is 20.8 Å². The van der Waals surface area contributed by atoms with Gasteiger partial charge in [-0.15, -0.1) is 0 Å². The van der Waals surface area contributed by atoms with Crippen LogP contribution in [0.2, 0.25) is 0 Å². The van der Waals surface area contributed by atoms with Gasteiger partial charge in [0.2, 0.25) is 0 Å². The molecule has 2 aliphatic rings. The van der Waals surface area contributed by atoms with Crippen LogP contribution < -0.4 is 0 Å². The summed E-state index contributed by atoms with van der Waals surface area (Å²) in [6.45, 7) is 6.20. The van der Waals surface area contributed by atoms with Gasteiger partial charge in [0.25, 0.3) is 0 Å². The van der Waals surface area contributed by atoms with Gasteiger partial charge in [0.15, 0.2) is 0 Å². The van der Waals surface area contributed by atoms with Crippen LogP contribution >= 0.6 is 0 Å². The Labute approximate surface area is 89.9 Å². The largest absolute Gasteiger partial charge is 0.465 e. The maximum atomic E-state index is 11.3. The molecule has 15 heavy (non-hydrogen) atoms. The standard InChI is InChI=1S/C11H19NO3/c1-10(2,3)11-5-7(11)4-8(6-13)12(11)9(14)15/h7-8,13H,4-6H2,1-3H3,(H,14,15)/t7-,8+,11-/m0/s1. The van der Waals surface area contributed by atoms with Crippen LogP contribution in [0.1, 0.15) is 33.6 Å². The number of likely N-dealkylation sites (tertiary alicyclic amines) is 1. The number of piperidine rings is 1. The third kappa shape index (κ3) is 1.20. The minimum atomic E-state index is -0.885. The Morgan fingerprint density at radius 1 is 1.53 bits per heavy atom. The van der Waals surface area contributed by atoms with E-state index in [1.165, 1.54) is 4.90 Å². The molecule has 0 bridgehead atoms. The molecule has 4 heteroatoms. The predicted octanol–water partition coefficient (Wildman–Crippen LogP) is 1.54. The van der Waals surface area contributed by atoms with E-state index in [0.717, 1.165) is 12.8 Å². The normalized spacial score (nSPS) is 39.1. The summed E-state index contributed by atoms with van der Waals surface area (Å²) >= 11 is 0. The second-order valence-corrected chi connectivity index (χ2v) is 5.80. The SMILES string of the molecule is CC(C)(C)[C@]12C[C@@H]1C[C@H](CO)N2C(=O)O. The summed E-state index contributed by atoms with van der Waals surface area (Å²) in [6, 6.07) is -0.194. The van der Waals surface area contributed by atoms with Crippen LogP contribution in [0.5, 0.6) is 0 Å². The lowest BCUT2D eigenvalue weighted by Crippen LogP contribution is -2.52. The van der Waals surface area contributed by atoms with Gasteiger partial charge in [0.05, 0.1) is 18.2 Å². The second-order valence-electron chi connectivity index (χ2n) is 5.80. The first-order valence-electron chi connectivity index (χ1n) is 5.47. The third-order valence-corrected chi connectivity index (χ3v) is 4.14. The van der Waals surface area contributed by atoms with Crippen LogP contribution in [0.3, 0.4) is 0 Å². The van der Waals surface area contributed by atoms with Crippen molar-refractivity contribution in [3.63, 3.8) is 0 Å². The zero-order valence-corrected chi connectivity index (χ0v) is 9.53. The topological polar surface area (TPSA) is 60.8 Å². The Kier molecular flexibility index (Phi) is 2.06. The summed E-state index contributed by atoms with van der Waals surface area (Å²) in [5, 5.41) is 18.5. The van der Waals surface area contributed by atoms with Crippen LogP contribution in [0, 0.1) is 11.3 Å². The minimum absolute atomic E-state index is 0.0417. The molecule has 3 atom stereocenters. The predicted molar refractivity (Wildman–Crippen MR) is 55.6 cm³/mol. The van der Waals surface area contributed by atoms with Gasteiger partial charge < -0.3 is 10.2 Å². The number of amides is 1. The lowest BCUT2D eigenvalue weighted by atomic mass is 9.82. The molecule has 1 aliphatic carbocycles. The molecule has 0 unspecified atom stereocenters. The zero-order chi connectivity index (χ0) is 11.4. The Morgan fingerprint density at radius 3 is 2.53 bits per heavy atom. The zero-order valence-electron chi connectivity index (χ0n) is 9.53. The summed E-state index contributed by atoms with van der Waals surface area (Å²) in [6.07, 6.45) is 0.892. The van der Waals surface area contributed by atoms with Gasteiger partial charge in [-0.05, 0) is 24.2 Å². The lowest BCUT2D eigenvalue weighted by Gasteiger charge is -2.39.